The molecule has 1 aromatic carbocycles. The minimum Gasteiger partial charge on any atom is -0.375 e. The van der Waals surface area contributed by atoms with Crippen LogP contribution in [0.1, 0.15) is 36.4 Å². The summed E-state index contributed by atoms with van der Waals surface area (Å²) in [6.07, 6.45) is 7.17. The summed E-state index contributed by atoms with van der Waals surface area (Å²) in [7, 11) is 0. The van der Waals surface area contributed by atoms with E-state index in [4.69, 9.17) is 15.5 Å². The summed E-state index contributed by atoms with van der Waals surface area (Å²) in [5.74, 6) is 1.06. The third kappa shape index (κ3) is 4.83. The maximum atomic E-state index is 6.47. The number of hydrogen-bond acceptors (Lipinski definition) is 7. The van der Waals surface area contributed by atoms with Crippen LogP contribution in [0.25, 0.3) is 11.0 Å². The molecule has 0 spiro atoms. The monoisotopic (exact) mass is 426 g/mol. The molecule has 0 amide bonds. The number of likely N-dealkylation sites (tertiary alicyclic amines) is 2. The number of thiazole rings is 1. The SMILES string of the molecule is Nc1ncc(CN2CCC(OC3CCN(Cc4nc5ccccc5[nH]4)CC3)CC2)s1. The van der Waals surface area contributed by atoms with E-state index in [2.05, 4.69) is 31.9 Å². The lowest BCUT2D eigenvalue weighted by atomic mass is 10.0. The minimum absolute atomic E-state index is 0.398. The average molecular weight is 427 g/mol. The van der Waals surface area contributed by atoms with Crippen molar-refractivity contribution >= 4 is 27.5 Å². The molecule has 7 nitrogen and oxygen atoms in total. The van der Waals surface area contributed by atoms with Gasteiger partial charge in [0.05, 0.1) is 29.8 Å². The predicted octanol–water partition coefficient (Wildman–Crippen LogP) is 3.25. The fraction of sp³-hybridized carbons (Fsp3) is 0.545. The number of aromatic nitrogens is 3. The first-order valence-corrected chi connectivity index (χ1v) is 11.8. The van der Waals surface area contributed by atoms with E-state index in [0.29, 0.717) is 17.3 Å². The Hall–Kier alpha value is -2.00. The van der Waals surface area contributed by atoms with Crippen molar-refractivity contribution in [1.29, 1.82) is 0 Å². The van der Waals surface area contributed by atoms with E-state index < -0.39 is 0 Å². The number of rotatable bonds is 6. The summed E-state index contributed by atoms with van der Waals surface area (Å²) in [4.78, 5) is 18.5. The largest absolute Gasteiger partial charge is 0.375 e. The predicted molar refractivity (Wildman–Crippen MR) is 120 cm³/mol. The number of nitrogens with zero attached hydrogens (tertiary/aromatic N) is 4. The Morgan fingerprint density at radius 1 is 1.00 bits per heavy atom. The lowest BCUT2D eigenvalue weighted by molar-refractivity contribution is -0.0664. The molecule has 30 heavy (non-hydrogen) atoms. The second-order valence-corrected chi connectivity index (χ2v) is 9.60. The molecule has 2 aromatic heterocycles. The molecule has 3 aromatic rings. The topological polar surface area (TPSA) is 83.3 Å². The molecule has 2 aliphatic heterocycles. The third-order valence-electron chi connectivity index (χ3n) is 6.22. The van der Waals surface area contributed by atoms with E-state index in [1.165, 1.54) is 4.88 Å². The van der Waals surface area contributed by atoms with Crippen molar-refractivity contribution in [2.24, 2.45) is 0 Å². The van der Waals surface area contributed by atoms with Gasteiger partial charge in [0.2, 0.25) is 0 Å². The van der Waals surface area contributed by atoms with Crippen LogP contribution in [0.3, 0.4) is 0 Å². The number of aromatic amines is 1. The van der Waals surface area contributed by atoms with Gasteiger partial charge in [-0.05, 0) is 37.8 Å². The summed E-state index contributed by atoms with van der Waals surface area (Å²) in [5.41, 5.74) is 7.91. The number of ether oxygens (including phenoxy) is 1. The Kier molecular flexibility index (Phi) is 5.99. The van der Waals surface area contributed by atoms with Gasteiger partial charge in [0, 0.05) is 43.8 Å². The number of nitrogen functional groups attached to an aromatic ring is 1. The maximum Gasteiger partial charge on any atom is 0.180 e. The molecule has 5 rings (SSSR count). The second kappa shape index (κ2) is 9.01. The van der Waals surface area contributed by atoms with E-state index in [0.717, 1.165) is 81.8 Å². The number of hydrogen-bond donors (Lipinski definition) is 2. The maximum absolute atomic E-state index is 6.47. The van der Waals surface area contributed by atoms with Gasteiger partial charge in [-0.25, -0.2) is 9.97 Å². The van der Waals surface area contributed by atoms with Gasteiger partial charge in [-0.15, -0.1) is 11.3 Å². The van der Waals surface area contributed by atoms with E-state index in [-0.39, 0.29) is 0 Å². The minimum atomic E-state index is 0.398. The number of imidazole rings is 1. The number of nitrogens with two attached hydrogens (primary N) is 1. The first-order valence-electron chi connectivity index (χ1n) is 11.0. The van der Waals surface area contributed by atoms with Crippen molar-refractivity contribution in [3.05, 3.63) is 41.2 Å². The summed E-state index contributed by atoms with van der Waals surface area (Å²) in [6.45, 7) is 6.19. The Balaban J connectivity index is 1.04. The summed E-state index contributed by atoms with van der Waals surface area (Å²) < 4.78 is 6.47. The van der Waals surface area contributed by atoms with Crippen LogP contribution in [0.2, 0.25) is 0 Å². The molecule has 0 aliphatic carbocycles. The van der Waals surface area contributed by atoms with Crippen molar-refractivity contribution < 1.29 is 4.74 Å². The summed E-state index contributed by atoms with van der Waals surface area (Å²) in [6, 6.07) is 8.24. The van der Waals surface area contributed by atoms with E-state index >= 15 is 0 Å². The second-order valence-electron chi connectivity index (χ2n) is 8.45. The zero-order chi connectivity index (χ0) is 20.3. The molecule has 0 atom stereocenters. The zero-order valence-electron chi connectivity index (χ0n) is 17.3. The molecule has 0 bridgehead atoms. The Morgan fingerprint density at radius 2 is 1.67 bits per heavy atom. The smallest absolute Gasteiger partial charge is 0.180 e. The third-order valence-corrected chi connectivity index (χ3v) is 7.03. The highest BCUT2D eigenvalue weighted by molar-refractivity contribution is 7.15. The number of fused-ring (bicyclic) bond motifs is 1. The van der Waals surface area contributed by atoms with E-state index in [1.54, 1.807) is 11.3 Å². The van der Waals surface area contributed by atoms with Crippen LogP contribution in [0.4, 0.5) is 5.13 Å². The van der Waals surface area contributed by atoms with E-state index in [9.17, 15) is 0 Å². The Bertz CT molecular complexity index is 922. The summed E-state index contributed by atoms with van der Waals surface area (Å²) >= 11 is 1.59. The number of anilines is 1. The highest BCUT2D eigenvalue weighted by Gasteiger charge is 2.26. The van der Waals surface area contributed by atoms with Gasteiger partial charge in [-0.3, -0.25) is 9.80 Å². The molecule has 2 fully saturated rings. The van der Waals surface area contributed by atoms with Crippen LogP contribution in [0, 0.1) is 0 Å². The highest BCUT2D eigenvalue weighted by atomic mass is 32.1. The number of nitrogens with one attached hydrogen (secondary N) is 1. The van der Waals surface area contributed by atoms with Crippen molar-refractivity contribution in [1.82, 2.24) is 24.8 Å². The first-order chi connectivity index (χ1) is 14.7. The van der Waals surface area contributed by atoms with Crippen LogP contribution in [0.5, 0.6) is 0 Å². The molecule has 0 saturated carbocycles. The molecule has 8 heteroatoms. The van der Waals surface area contributed by atoms with Gasteiger partial charge < -0.3 is 15.5 Å². The van der Waals surface area contributed by atoms with Gasteiger partial charge in [-0.2, -0.15) is 0 Å². The quantitative estimate of drug-likeness (QED) is 0.630. The van der Waals surface area contributed by atoms with Crippen LogP contribution in [-0.4, -0.2) is 63.1 Å². The number of para-hydroxylation sites is 2. The van der Waals surface area contributed by atoms with Gasteiger partial charge in [0.1, 0.15) is 5.82 Å². The molecule has 2 saturated heterocycles. The number of piperidine rings is 2. The lowest BCUT2D eigenvalue weighted by Gasteiger charge is -2.36. The van der Waals surface area contributed by atoms with Crippen molar-refractivity contribution in [2.45, 2.75) is 51.0 Å². The van der Waals surface area contributed by atoms with Gasteiger partial charge >= 0.3 is 0 Å². The summed E-state index contributed by atoms with van der Waals surface area (Å²) in [5, 5.41) is 0.662. The standard InChI is InChI=1S/C22H30N6OS/c23-22-24-13-18(30-22)14-27-9-5-16(6-10-27)29-17-7-11-28(12-8-17)15-21-25-19-3-1-2-4-20(19)26-21/h1-4,13,16-17H,5-12,14-15H2,(H2,23,24)(H,25,26). The highest BCUT2D eigenvalue weighted by Crippen LogP contribution is 2.24. The van der Waals surface area contributed by atoms with E-state index in [1.807, 2.05) is 18.3 Å². The molecular formula is C22H30N6OS. The van der Waals surface area contributed by atoms with Gasteiger partial charge in [-0.1, -0.05) is 12.1 Å². The van der Waals surface area contributed by atoms with Crippen molar-refractivity contribution in [3.63, 3.8) is 0 Å². The molecule has 0 radical (unpaired) electrons. The van der Waals surface area contributed by atoms with Crippen LogP contribution in [0.15, 0.2) is 30.5 Å². The normalized spacial score (nSPS) is 20.3. The zero-order valence-corrected chi connectivity index (χ0v) is 18.1. The Labute approximate surface area is 181 Å². The average Bonchev–Trinajstić information content (AvgIpc) is 3.36. The van der Waals surface area contributed by atoms with Crippen molar-refractivity contribution in [3.8, 4) is 0 Å². The van der Waals surface area contributed by atoms with Crippen LogP contribution >= 0.6 is 11.3 Å². The van der Waals surface area contributed by atoms with Gasteiger partial charge in [0.25, 0.3) is 0 Å². The molecule has 160 valence electrons. The molecular weight excluding hydrogens is 396 g/mol. The molecule has 4 heterocycles. The lowest BCUT2D eigenvalue weighted by Crippen LogP contribution is -2.41. The molecule has 3 N–H and O–H groups in total. The fourth-order valence-electron chi connectivity index (χ4n) is 4.59. The molecule has 2 aliphatic rings. The number of H-pyrrole nitrogens is 1. The van der Waals surface area contributed by atoms with Crippen LogP contribution < -0.4 is 5.73 Å². The van der Waals surface area contributed by atoms with Crippen LogP contribution in [-0.2, 0) is 17.8 Å². The molecule has 0 unspecified atom stereocenters. The van der Waals surface area contributed by atoms with Gasteiger partial charge in [0.15, 0.2) is 5.13 Å². The fourth-order valence-corrected chi connectivity index (χ4v) is 5.31. The Morgan fingerprint density at radius 3 is 2.30 bits per heavy atom. The van der Waals surface area contributed by atoms with Crippen molar-refractivity contribution in [2.75, 3.05) is 31.9 Å². The first kappa shape index (κ1) is 19.9. The number of benzene rings is 1.